The maximum absolute atomic E-state index is 10.9. The third kappa shape index (κ3) is 1.85. The van der Waals surface area contributed by atoms with Crippen molar-refractivity contribution in [2.45, 2.75) is 0 Å². The van der Waals surface area contributed by atoms with Crippen molar-refractivity contribution in [1.82, 2.24) is 9.97 Å². The van der Waals surface area contributed by atoms with Crippen LogP contribution in [0.15, 0.2) is 42.7 Å². The highest BCUT2D eigenvalue weighted by Crippen LogP contribution is 2.36. The van der Waals surface area contributed by atoms with Crippen LogP contribution in [0.2, 0.25) is 0 Å². The number of benzene rings is 2. The second-order valence-corrected chi connectivity index (χ2v) is 4.36. The van der Waals surface area contributed by atoms with Crippen molar-refractivity contribution in [2.75, 3.05) is 5.73 Å². The van der Waals surface area contributed by atoms with Gasteiger partial charge in [-0.25, -0.2) is 9.97 Å². The van der Waals surface area contributed by atoms with E-state index in [9.17, 15) is 9.90 Å². The fourth-order valence-corrected chi connectivity index (χ4v) is 2.19. The predicted molar refractivity (Wildman–Crippen MR) is 76.4 cm³/mol. The molecule has 0 spiro atoms. The number of rotatable bonds is 2. The van der Waals surface area contributed by atoms with Crippen LogP contribution < -0.4 is 5.73 Å². The van der Waals surface area contributed by atoms with E-state index in [1.807, 2.05) is 0 Å². The van der Waals surface area contributed by atoms with Crippen molar-refractivity contribution in [3.05, 3.63) is 48.3 Å². The molecule has 2 aromatic carbocycles. The number of aldehydes is 1. The molecule has 5 nitrogen and oxygen atoms in total. The molecule has 0 atom stereocenters. The minimum absolute atomic E-state index is 0.0821. The van der Waals surface area contributed by atoms with Gasteiger partial charge in [0.15, 0.2) is 0 Å². The molecule has 0 amide bonds. The first-order valence-electron chi connectivity index (χ1n) is 5.98. The van der Waals surface area contributed by atoms with Gasteiger partial charge in [-0.3, -0.25) is 4.79 Å². The molecule has 3 N–H and O–H groups in total. The summed E-state index contributed by atoms with van der Waals surface area (Å²) in [5.41, 5.74) is 8.15. The molecule has 5 heteroatoms. The van der Waals surface area contributed by atoms with Gasteiger partial charge in [0.05, 0.1) is 11.1 Å². The highest BCUT2D eigenvalue weighted by atomic mass is 16.3. The number of nitrogens with two attached hydrogens (primary N) is 1. The van der Waals surface area contributed by atoms with Crippen molar-refractivity contribution in [2.24, 2.45) is 0 Å². The van der Waals surface area contributed by atoms with E-state index in [4.69, 9.17) is 5.73 Å². The van der Waals surface area contributed by atoms with E-state index in [-0.39, 0.29) is 5.75 Å². The summed E-state index contributed by atoms with van der Waals surface area (Å²) in [6, 6.07) is 10.2. The molecule has 0 aliphatic heterocycles. The minimum atomic E-state index is 0.0821. The van der Waals surface area contributed by atoms with Crippen LogP contribution in [-0.4, -0.2) is 21.4 Å². The number of aromatic nitrogens is 2. The quantitative estimate of drug-likeness (QED) is 0.694. The molecular weight excluding hydrogens is 254 g/mol. The first-order valence-corrected chi connectivity index (χ1v) is 5.98. The predicted octanol–water partition coefficient (Wildman–Crippen LogP) is 2.40. The summed E-state index contributed by atoms with van der Waals surface area (Å²) in [6.07, 6.45) is 2.11. The number of hydrogen-bond donors (Lipinski definition) is 2. The Balaban J connectivity index is 2.37. The summed E-state index contributed by atoms with van der Waals surface area (Å²) in [7, 11) is 0. The molecule has 0 radical (unpaired) electrons. The van der Waals surface area contributed by atoms with E-state index in [2.05, 4.69) is 9.97 Å². The number of fused-ring (bicyclic) bond motifs is 1. The third-order valence-electron chi connectivity index (χ3n) is 3.13. The number of aromatic hydroxyl groups is 1. The molecule has 0 bridgehead atoms. The summed E-state index contributed by atoms with van der Waals surface area (Å²) < 4.78 is 0. The molecule has 20 heavy (non-hydrogen) atoms. The van der Waals surface area contributed by atoms with Gasteiger partial charge < -0.3 is 10.8 Å². The number of phenolic OH excluding ortho intramolecular Hbond substituents is 1. The molecule has 0 saturated carbocycles. The number of hydrogen-bond acceptors (Lipinski definition) is 5. The van der Waals surface area contributed by atoms with Gasteiger partial charge in [0.1, 0.15) is 24.2 Å². The molecule has 1 heterocycles. The molecule has 1 aromatic heterocycles. The minimum Gasteiger partial charge on any atom is -0.507 e. The molecule has 3 rings (SSSR count). The van der Waals surface area contributed by atoms with Gasteiger partial charge in [0.25, 0.3) is 0 Å². The Morgan fingerprint density at radius 1 is 1.15 bits per heavy atom. The summed E-state index contributed by atoms with van der Waals surface area (Å²) in [5, 5.41) is 10.8. The molecule has 0 aliphatic rings. The lowest BCUT2D eigenvalue weighted by atomic mass is 9.99. The van der Waals surface area contributed by atoms with Crippen molar-refractivity contribution < 1.29 is 9.90 Å². The second kappa shape index (κ2) is 4.62. The lowest BCUT2D eigenvalue weighted by Crippen LogP contribution is -1.95. The van der Waals surface area contributed by atoms with Gasteiger partial charge in [-0.15, -0.1) is 0 Å². The number of phenols is 1. The van der Waals surface area contributed by atoms with Gasteiger partial charge in [-0.1, -0.05) is 18.2 Å². The van der Waals surface area contributed by atoms with Crippen LogP contribution in [0.3, 0.4) is 0 Å². The first kappa shape index (κ1) is 12.1. The number of nitrogen functional groups attached to an aromatic ring is 1. The monoisotopic (exact) mass is 265 g/mol. The summed E-state index contributed by atoms with van der Waals surface area (Å²) in [5.74, 6) is 0.432. The highest BCUT2D eigenvalue weighted by Gasteiger charge is 2.13. The standard InChI is InChI=1S/C15H11N3O2/c16-15-11-4-5-12(20)13(14(11)17-8-18-15)10-3-1-2-9(6-10)7-19/h1-8,20H,(H2,16,17,18). The highest BCUT2D eigenvalue weighted by molar-refractivity contribution is 6.01. The Labute approximate surface area is 114 Å². The van der Waals surface area contributed by atoms with Crippen LogP contribution in [0.25, 0.3) is 22.0 Å². The molecule has 3 aromatic rings. The van der Waals surface area contributed by atoms with Crippen molar-refractivity contribution in [3.63, 3.8) is 0 Å². The van der Waals surface area contributed by atoms with Gasteiger partial charge >= 0.3 is 0 Å². The van der Waals surface area contributed by atoms with Crippen LogP contribution in [0.4, 0.5) is 5.82 Å². The van der Waals surface area contributed by atoms with Crippen LogP contribution >= 0.6 is 0 Å². The van der Waals surface area contributed by atoms with E-state index < -0.39 is 0 Å². The van der Waals surface area contributed by atoms with Crippen LogP contribution in [0.1, 0.15) is 10.4 Å². The SMILES string of the molecule is Nc1ncnc2c(-c3cccc(C=O)c3)c(O)ccc12. The maximum atomic E-state index is 10.9. The van der Waals surface area contributed by atoms with E-state index in [1.54, 1.807) is 36.4 Å². The van der Waals surface area contributed by atoms with E-state index in [0.29, 0.717) is 33.4 Å². The Hall–Kier alpha value is -2.95. The second-order valence-electron chi connectivity index (χ2n) is 4.36. The summed E-state index contributed by atoms with van der Waals surface area (Å²) >= 11 is 0. The molecule has 0 unspecified atom stereocenters. The zero-order valence-electron chi connectivity index (χ0n) is 10.4. The Kier molecular flexibility index (Phi) is 2.80. The summed E-state index contributed by atoms with van der Waals surface area (Å²) in [4.78, 5) is 19.0. The zero-order chi connectivity index (χ0) is 14.1. The van der Waals surface area contributed by atoms with Gasteiger partial charge in [-0.05, 0) is 23.8 Å². The van der Waals surface area contributed by atoms with Crippen LogP contribution in [0, 0.1) is 0 Å². The number of carbonyl (C=O) groups is 1. The van der Waals surface area contributed by atoms with Crippen LogP contribution in [0.5, 0.6) is 5.75 Å². The lowest BCUT2D eigenvalue weighted by molar-refractivity contribution is 0.112. The number of carbonyl (C=O) groups excluding carboxylic acids is 1. The maximum Gasteiger partial charge on any atom is 0.150 e. The van der Waals surface area contributed by atoms with E-state index >= 15 is 0 Å². The smallest absolute Gasteiger partial charge is 0.150 e. The molecule has 98 valence electrons. The average molecular weight is 265 g/mol. The Morgan fingerprint density at radius 3 is 2.80 bits per heavy atom. The molecular formula is C15H11N3O2. The lowest BCUT2D eigenvalue weighted by Gasteiger charge is -2.09. The Bertz CT molecular complexity index is 815. The fraction of sp³-hybridized carbons (Fsp3) is 0. The van der Waals surface area contributed by atoms with Crippen LogP contribution in [-0.2, 0) is 0 Å². The van der Waals surface area contributed by atoms with Gasteiger partial charge in [0.2, 0.25) is 0 Å². The molecule has 0 fully saturated rings. The fourth-order valence-electron chi connectivity index (χ4n) is 2.19. The van der Waals surface area contributed by atoms with Crippen molar-refractivity contribution in [1.29, 1.82) is 0 Å². The normalized spacial score (nSPS) is 10.6. The largest absolute Gasteiger partial charge is 0.507 e. The van der Waals surface area contributed by atoms with E-state index in [1.165, 1.54) is 6.33 Å². The van der Waals surface area contributed by atoms with E-state index in [0.717, 1.165) is 6.29 Å². The van der Waals surface area contributed by atoms with Crippen molar-refractivity contribution in [3.8, 4) is 16.9 Å². The van der Waals surface area contributed by atoms with Crippen molar-refractivity contribution >= 4 is 23.0 Å². The third-order valence-corrected chi connectivity index (χ3v) is 3.13. The molecule has 0 saturated heterocycles. The Morgan fingerprint density at radius 2 is 2.00 bits per heavy atom. The number of anilines is 1. The molecule has 0 aliphatic carbocycles. The van der Waals surface area contributed by atoms with Gasteiger partial charge in [-0.2, -0.15) is 0 Å². The topological polar surface area (TPSA) is 89.1 Å². The zero-order valence-corrected chi connectivity index (χ0v) is 10.4. The first-order chi connectivity index (χ1) is 9.70. The average Bonchev–Trinajstić information content (AvgIpc) is 2.47. The van der Waals surface area contributed by atoms with Gasteiger partial charge in [0, 0.05) is 10.9 Å². The summed E-state index contributed by atoms with van der Waals surface area (Å²) in [6.45, 7) is 0. The number of nitrogens with zero attached hydrogens (tertiary/aromatic N) is 2.